The van der Waals surface area contributed by atoms with Gasteiger partial charge in [0.1, 0.15) is 0 Å². The lowest BCUT2D eigenvalue weighted by Gasteiger charge is -2.27. The van der Waals surface area contributed by atoms with Crippen LogP contribution >= 0.6 is 0 Å². The molecule has 2 heterocycles. The lowest BCUT2D eigenvalue weighted by Crippen LogP contribution is -2.44. The summed E-state index contributed by atoms with van der Waals surface area (Å²) in [6, 6.07) is 3.51. The van der Waals surface area contributed by atoms with E-state index in [4.69, 9.17) is 0 Å². The van der Waals surface area contributed by atoms with E-state index in [1.54, 1.807) is 11.1 Å². The van der Waals surface area contributed by atoms with Gasteiger partial charge in [-0.1, -0.05) is 26.3 Å². The SMILES string of the molecule is Cc1cccnc1C(NC(=O)N1C[C@@H]2CCC[C@@]2(C(=O)O)C1)C(C)C. The first-order valence-electron chi connectivity index (χ1n) is 9.05. The summed E-state index contributed by atoms with van der Waals surface area (Å²) < 4.78 is 0. The number of fused-ring (bicyclic) bond motifs is 1. The van der Waals surface area contributed by atoms with Gasteiger partial charge in [-0.2, -0.15) is 0 Å². The molecule has 1 saturated heterocycles. The standard InChI is InChI=1S/C19H27N3O3/c1-12(2)15(16-13(3)6-5-9-20-16)21-18(25)22-10-14-7-4-8-19(14,11-22)17(23)24/h5-6,9,12,14-15H,4,7-8,10-11H2,1-3H3,(H,21,25)(H,23,24)/t14-,15?,19+/m0/s1. The number of aromatic nitrogens is 1. The van der Waals surface area contributed by atoms with Gasteiger partial charge in [-0.3, -0.25) is 9.78 Å². The van der Waals surface area contributed by atoms with Gasteiger partial charge < -0.3 is 15.3 Å². The average Bonchev–Trinajstić information content (AvgIpc) is 3.11. The van der Waals surface area contributed by atoms with Crippen LogP contribution in [0.5, 0.6) is 0 Å². The summed E-state index contributed by atoms with van der Waals surface area (Å²) in [4.78, 5) is 30.8. The van der Waals surface area contributed by atoms with Crippen molar-refractivity contribution in [3.63, 3.8) is 0 Å². The molecule has 1 aliphatic heterocycles. The molecule has 3 atom stereocenters. The van der Waals surface area contributed by atoms with Gasteiger partial charge in [0.25, 0.3) is 0 Å². The van der Waals surface area contributed by atoms with Crippen LogP contribution in [0.3, 0.4) is 0 Å². The van der Waals surface area contributed by atoms with E-state index in [1.807, 2.05) is 19.1 Å². The fourth-order valence-corrected chi connectivity index (χ4v) is 4.39. The Hall–Kier alpha value is -2.11. The molecule has 25 heavy (non-hydrogen) atoms. The van der Waals surface area contributed by atoms with Crippen molar-refractivity contribution >= 4 is 12.0 Å². The Labute approximate surface area is 148 Å². The first-order valence-corrected chi connectivity index (χ1v) is 9.05. The summed E-state index contributed by atoms with van der Waals surface area (Å²) in [7, 11) is 0. The molecule has 0 aromatic carbocycles. The summed E-state index contributed by atoms with van der Waals surface area (Å²) in [5, 5.41) is 12.8. The largest absolute Gasteiger partial charge is 0.481 e. The fraction of sp³-hybridized carbons (Fsp3) is 0.632. The van der Waals surface area contributed by atoms with E-state index in [0.29, 0.717) is 19.5 Å². The molecule has 2 N–H and O–H groups in total. The predicted molar refractivity (Wildman–Crippen MR) is 94.1 cm³/mol. The Morgan fingerprint density at radius 3 is 2.80 bits per heavy atom. The molecule has 2 amide bonds. The maximum Gasteiger partial charge on any atom is 0.317 e. The zero-order valence-electron chi connectivity index (χ0n) is 15.2. The topological polar surface area (TPSA) is 82.5 Å². The number of aryl methyl sites for hydroxylation is 1. The maximum atomic E-state index is 12.8. The molecule has 1 aliphatic carbocycles. The van der Waals surface area contributed by atoms with Gasteiger partial charge in [0.05, 0.1) is 17.2 Å². The minimum atomic E-state index is -0.758. The lowest BCUT2D eigenvalue weighted by molar-refractivity contribution is -0.149. The van der Waals surface area contributed by atoms with Crippen LogP contribution in [0.4, 0.5) is 4.79 Å². The predicted octanol–water partition coefficient (Wildman–Crippen LogP) is 2.98. The minimum Gasteiger partial charge on any atom is -0.481 e. The molecular formula is C19H27N3O3. The number of carbonyl (C=O) groups is 2. The Balaban J connectivity index is 1.75. The number of likely N-dealkylation sites (tertiary alicyclic amines) is 1. The Morgan fingerprint density at radius 1 is 1.44 bits per heavy atom. The van der Waals surface area contributed by atoms with Crippen molar-refractivity contribution in [2.45, 2.75) is 46.1 Å². The van der Waals surface area contributed by atoms with E-state index in [9.17, 15) is 14.7 Å². The summed E-state index contributed by atoms with van der Waals surface area (Å²) in [6.07, 6.45) is 4.24. The summed E-state index contributed by atoms with van der Waals surface area (Å²) >= 11 is 0. The quantitative estimate of drug-likeness (QED) is 0.879. The summed E-state index contributed by atoms with van der Waals surface area (Å²) in [5.41, 5.74) is 1.17. The van der Waals surface area contributed by atoms with Gasteiger partial charge in [-0.15, -0.1) is 0 Å². The molecule has 1 aromatic rings. The van der Waals surface area contributed by atoms with Crippen LogP contribution in [0.25, 0.3) is 0 Å². The van der Waals surface area contributed by atoms with Crippen LogP contribution in [0.2, 0.25) is 0 Å². The van der Waals surface area contributed by atoms with E-state index in [2.05, 4.69) is 24.1 Å². The fourth-order valence-electron chi connectivity index (χ4n) is 4.39. The number of amides is 2. The highest BCUT2D eigenvalue weighted by molar-refractivity contribution is 5.80. The van der Waals surface area contributed by atoms with Crippen molar-refractivity contribution < 1.29 is 14.7 Å². The monoisotopic (exact) mass is 345 g/mol. The molecule has 0 spiro atoms. The van der Waals surface area contributed by atoms with Crippen LogP contribution < -0.4 is 5.32 Å². The number of hydrogen-bond donors (Lipinski definition) is 2. The van der Waals surface area contributed by atoms with Gasteiger partial charge in [-0.05, 0) is 43.2 Å². The van der Waals surface area contributed by atoms with Crippen molar-refractivity contribution in [1.82, 2.24) is 15.2 Å². The van der Waals surface area contributed by atoms with E-state index in [0.717, 1.165) is 24.1 Å². The Bertz CT molecular complexity index is 676. The van der Waals surface area contributed by atoms with E-state index >= 15 is 0 Å². The summed E-state index contributed by atoms with van der Waals surface area (Å²) in [6.45, 7) is 6.94. The molecule has 6 nitrogen and oxygen atoms in total. The van der Waals surface area contributed by atoms with Crippen LogP contribution in [0.15, 0.2) is 18.3 Å². The van der Waals surface area contributed by atoms with Gasteiger partial charge in [0.15, 0.2) is 0 Å². The number of urea groups is 1. The first-order chi connectivity index (χ1) is 11.8. The number of rotatable bonds is 4. The number of pyridine rings is 1. The molecule has 6 heteroatoms. The maximum absolute atomic E-state index is 12.8. The van der Waals surface area contributed by atoms with Gasteiger partial charge in [0.2, 0.25) is 0 Å². The number of nitrogens with one attached hydrogen (secondary N) is 1. The Morgan fingerprint density at radius 2 is 2.20 bits per heavy atom. The third-order valence-corrected chi connectivity index (χ3v) is 5.87. The van der Waals surface area contributed by atoms with Gasteiger partial charge in [0, 0.05) is 19.3 Å². The zero-order chi connectivity index (χ0) is 18.2. The normalized spacial score (nSPS) is 26.6. The highest BCUT2D eigenvalue weighted by Gasteiger charge is 2.55. The molecule has 1 unspecified atom stereocenters. The third kappa shape index (κ3) is 3.10. The molecule has 3 rings (SSSR count). The molecule has 1 saturated carbocycles. The molecule has 1 aromatic heterocycles. The number of nitrogens with zero attached hydrogens (tertiary/aromatic N) is 2. The van der Waals surface area contributed by atoms with Crippen LogP contribution in [-0.4, -0.2) is 40.1 Å². The molecule has 136 valence electrons. The second kappa shape index (κ2) is 6.65. The number of carboxylic acids is 1. The third-order valence-electron chi connectivity index (χ3n) is 5.87. The second-order valence-electron chi connectivity index (χ2n) is 7.81. The van der Waals surface area contributed by atoms with Crippen LogP contribution in [0, 0.1) is 24.2 Å². The average molecular weight is 345 g/mol. The zero-order valence-corrected chi connectivity index (χ0v) is 15.2. The van der Waals surface area contributed by atoms with Crippen molar-refractivity contribution in [2.75, 3.05) is 13.1 Å². The Kier molecular flexibility index (Phi) is 4.71. The molecule has 2 fully saturated rings. The van der Waals surface area contributed by atoms with Crippen molar-refractivity contribution in [3.05, 3.63) is 29.6 Å². The van der Waals surface area contributed by atoms with E-state index in [-0.39, 0.29) is 23.9 Å². The van der Waals surface area contributed by atoms with Crippen LogP contribution in [-0.2, 0) is 4.79 Å². The molecule has 0 bridgehead atoms. The number of carbonyl (C=O) groups excluding carboxylic acids is 1. The highest BCUT2D eigenvalue weighted by Crippen LogP contribution is 2.48. The van der Waals surface area contributed by atoms with Crippen molar-refractivity contribution in [2.24, 2.45) is 17.3 Å². The van der Waals surface area contributed by atoms with E-state index < -0.39 is 11.4 Å². The highest BCUT2D eigenvalue weighted by atomic mass is 16.4. The first kappa shape index (κ1) is 17.7. The molecular weight excluding hydrogens is 318 g/mol. The minimum absolute atomic E-state index is 0.0739. The smallest absolute Gasteiger partial charge is 0.317 e. The molecule has 0 radical (unpaired) electrons. The second-order valence-corrected chi connectivity index (χ2v) is 7.81. The number of carboxylic acid groups (broad SMARTS) is 1. The lowest BCUT2D eigenvalue weighted by atomic mass is 9.81. The van der Waals surface area contributed by atoms with Crippen LogP contribution in [0.1, 0.15) is 50.4 Å². The van der Waals surface area contributed by atoms with E-state index in [1.165, 1.54) is 0 Å². The van der Waals surface area contributed by atoms with Crippen molar-refractivity contribution in [1.29, 1.82) is 0 Å². The van der Waals surface area contributed by atoms with Gasteiger partial charge in [-0.25, -0.2) is 4.79 Å². The number of hydrogen-bond acceptors (Lipinski definition) is 3. The van der Waals surface area contributed by atoms with Crippen molar-refractivity contribution in [3.8, 4) is 0 Å². The number of aliphatic carboxylic acids is 1. The van der Waals surface area contributed by atoms with Gasteiger partial charge >= 0.3 is 12.0 Å². The molecule has 2 aliphatic rings. The summed E-state index contributed by atoms with van der Waals surface area (Å²) in [5.74, 6) is -0.496.